The number of carbonyl (C=O) groups is 2. The van der Waals surface area contributed by atoms with Gasteiger partial charge in [0.25, 0.3) is 0 Å². The third-order valence-corrected chi connectivity index (χ3v) is 2.90. The minimum absolute atomic E-state index is 0.0230. The van der Waals surface area contributed by atoms with Crippen molar-refractivity contribution in [2.75, 3.05) is 6.54 Å². The summed E-state index contributed by atoms with van der Waals surface area (Å²) in [7, 11) is 0. The Hall–Kier alpha value is -2.73. The predicted molar refractivity (Wildman–Crippen MR) is 78.3 cm³/mol. The lowest BCUT2D eigenvalue weighted by Gasteiger charge is -2.19. The number of urea groups is 1. The van der Waals surface area contributed by atoms with Crippen molar-refractivity contribution in [2.24, 2.45) is 5.73 Å². The SMILES string of the molecule is NC(=O)NC(=O)CNC(c1ccccc1)c1ccncc1. The maximum absolute atomic E-state index is 11.5. The van der Waals surface area contributed by atoms with Crippen LogP contribution in [0.1, 0.15) is 17.2 Å². The molecule has 4 N–H and O–H groups in total. The van der Waals surface area contributed by atoms with Crippen molar-refractivity contribution in [3.05, 3.63) is 66.0 Å². The van der Waals surface area contributed by atoms with Crippen molar-refractivity contribution in [2.45, 2.75) is 6.04 Å². The number of nitrogens with two attached hydrogens (primary N) is 1. The van der Waals surface area contributed by atoms with E-state index in [1.165, 1.54) is 0 Å². The van der Waals surface area contributed by atoms with Gasteiger partial charge in [-0.25, -0.2) is 4.79 Å². The minimum Gasteiger partial charge on any atom is -0.351 e. The Morgan fingerprint density at radius 2 is 1.67 bits per heavy atom. The first-order chi connectivity index (χ1) is 10.2. The zero-order valence-electron chi connectivity index (χ0n) is 11.3. The number of imide groups is 1. The van der Waals surface area contributed by atoms with E-state index < -0.39 is 11.9 Å². The second-order valence-electron chi connectivity index (χ2n) is 4.42. The number of benzene rings is 1. The molecule has 0 aliphatic heterocycles. The van der Waals surface area contributed by atoms with E-state index in [9.17, 15) is 9.59 Å². The van der Waals surface area contributed by atoms with Gasteiger partial charge in [0, 0.05) is 12.4 Å². The van der Waals surface area contributed by atoms with Gasteiger partial charge in [-0.3, -0.25) is 20.4 Å². The molecule has 0 spiro atoms. The smallest absolute Gasteiger partial charge is 0.318 e. The van der Waals surface area contributed by atoms with Crippen molar-refractivity contribution < 1.29 is 9.59 Å². The third kappa shape index (κ3) is 4.39. The molecule has 1 heterocycles. The topological polar surface area (TPSA) is 97.1 Å². The summed E-state index contributed by atoms with van der Waals surface area (Å²) in [5.74, 6) is -0.475. The normalized spacial score (nSPS) is 11.6. The first-order valence-electron chi connectivity index (χ1n) is 6.44. The van der Waals surface area contributed by atoms with Crippen LogP contribution in [0.25, 0.3) is 0 Å². The Bertz CT molecular complexity index is 562. The quantitative estimate of drug-likeness (QED) is 0.761. The van der Waals surface area contributed by atoms with Crippen molar-refractivity contribution in [1.29, 1.82) is 0 Å². The minimum atomic E-state index is -0.859. The van der Waals surface area contributed by atoms with Gasteiger partial charge in [-0.1, -0.05) is 30.3 Å². The van der Waals surface area contributed by atoms with E-state index in [0.717, 1.165) is 11.1 Å². The standard InChI is InChI=1S/C15H16N4O2/c16-15(21)19-13(20)10-18-14(11-4-2-1-3-5-11)12-6-8-17-9-7-12/h1-9,14,18H,10H2,(H3,16,19,20,21). The molecule has 1 aromatic carbocycles. The van der Waals surface area contributed by atoms with Gasteiger partial charge < -0.3 is 5.73 Å². The Kier molecular flexibility index (Phi) is 5.00. The second-order valence-corrected chi connectivity index (χ2v) is 4.42. The zero-order valence-corrected chi connectivity index (χ0v) is 11.3. The first kappa shape index (κ1) is 14.7. The van der Waals surface area contributed by atoms with E-state index in [1.807, 2.05) is 47.8 Å². The van der Waals surface area contributed by atoms with Gasteiger partial charge in [-0.15, -0.1) is 0 Å². The highest BCUT2D eigenvalue weighted by atomic mass is 16.2. The Balaban J connectivity index is 2.14. The van der Waals surface area contributed by atoms with E-state index in [4.69, 9.17) is 5.73 Å². The van der Waals surface area contributed by atoms with Gasteiger partial charge in [-0.05, 0) is 23.3 Å². The zero-order chi connectivity index (χ0) is 15.1. The van der Waals surface area contributed by atoms with Crippen LogP contribution in [-0.2, 0) is 4.79 Å². The van der Waals surface area contributed by atoms with Crippen molar-refractivity contribution in [1.82, 2.24) is 15.6 Å². The van der Waals surface area contributed by atoms with Crippen molar-refractivity contribution >= 4 is 11.9 Å². The average Bonchev–Trinajstić information content (AvgIpc) is 2.49. The van der Waals surface area contributed by atoms with E-state index in [-0.39, 0.29) is 12.6 Å². The second kappa shape index (κ2) is 7.16. The predicted octanol–water partition coefficient (Wildman–Crippen LogP) is 0.955. The summed E-state index contributed by atoms with van der Waals surface area (Å²) in [5, 5.41) is 5.14. The molecule has 0 aliphatic rings. The highest BCUT2D eigenvalue weighted by molar-refractivity contribution is 5.94. The lowest BCUT2D eigenvalue weighted by Crippen LogP contribution is -2.41. The van der Waals surface area contributed by atoms with Crippen LogP contribution < -0.4 is 16.4 Å². The van der Waals surface area contributed by atoms with Gasteiger partial charge in [0.1, 0.15) is 0 Å². The Labute approximate surface area is 122 Å². The van der Waals surface area contributed by atoms with Crippen LogP contribution in [0.5, 0.6) is 0 Å². The number of pyridine rings is 1. The summed E-state index contributed by atoms with van der Waals surface area (Å²) in [4.78, 5) is 26.2. The van der Waals surface area contributed by atoms with Gasteiger partial charge in [0.15, 0.2) is 0 Å². The molecule has 6 nitrogen and oxygen atoms in total. The molecule has 21 heavy (non-hydrogen) atoms. The van der Waals surface area contributed by atoms with Gasteiger partial charge >= 0.3 is 6.03 Å². The van der Waals surface area contributed by atoms with Crippen LogP contribution in [0.2, 0.25) is 0 Å². The summed E-state index contributed by atoms with van der Waals surface area (Å²) in [6, 6.07) is 12.4. The molecule has 1 atom stereocenters. The summed E-state index contributed by atoms with van der Waals surface area (Å²) < 4.78 is 0. The first-order valence-corrected chi connectivity index (χ1v) is 6.44. The molecule has 1 aromatic heterocycles. The highest BCUT2D eigenvalue weighted by Crippen LogP contribution is 2.20. The lowest BCUT2D eigenvalue weighted by atomic mass is 10.00. The van der Waals surface area contributed by atoms with Crippen molar-refractivity contribution in [3.8, 4) is 0 Å². The summed E-state index contributed by atoms with van der Waals surface area (Å²) >= 11 is 0. The maximum Gasteiger partial charge on any atom is 0.318 e. The van der Waals surface area contributed by atoms with Crippen LogP contribution in [-0.4, -0.2) is 23.5 Å². The van der Waals surface area contributed by atoms with Crippen LogP contribution >= 0.6 is 0 Å². The fourth-order valence-corrected chi connectivity index (χ4v) is 2.01. The molecule has 108 valence electrons. The number of carbonyl (C=O) groups excluding carboxylic acids is 2. The molecule has 0 aliphatic carbocycles. The molecular weight excluding hydrogens is 268 g/mol. The molecule has 1 unspecified atom stereocenters. The third-order valence-electron chi connectivity index (χ3n) is 2.90. The van der Waals surface area contributed by atoms with Crippen LogP contribution in [0.3, 0.4) is 0 Å². The molecule has 0 fully saturated rings. The number of primary amides is 1. The summed E-state index contributed by atoms with van der Waals surface area (Å²) in [5.41, 5.74) is 6.90. The number of aromatic nitrogens is 1. The lowest BCUT2D eigenvalue weighted by molar-refractivity contribution is -0.119. The van der Waals surface area contributed by atoms with E-state index >= 15 is 0 Å². The Morgan fingerprint density at radius 3 is 2.29 bits per heavy atom. The van der Waals surface area contributed by atoms with Crippen LogP contribution in [0, 0.1) is 0 Å². The largest absolute Gasteiger partial charge is 0.351 e. The molecular formula is C15H16N4O2. The van der Waals surface area contributed by atoms with Gasteiger partial charge in [-0.2, -0.15) is 0 Å². The van der Waals surface area contributed by atoms with Crippen molar-refractivity contribution in [3.63, 3.8) is 0 Å². The molecule has 0 radical (unpaired) electrons. The number of amides is 3. The summed E-state index contributed by atoms with van der Waals surface area (Å²) in [6.07, 6.45) is 3.38. The number of hydrogen-bond acceptors (Lipinski definition) is 4. The van der Waals surface area contributed by atoms with Crippen LogP contribution in [0.4, 0.5) is 4.79 Å². The number of nitrogens with zero attached hydrogens (tertiary/aromatic N) is 1. The monoisotopic (exact) mass is 284 g/mol. The highest BCUT2D eigenvalue weighted by Gasteiger charge is 2.15. The number of rotatable bonds is 5. The van der Waals surface area contributed by atoms with Gasteiger partial charge in [0.05, 0.1) is 12.6 Å². The molecule has 2 aromatic rings. The number of hydrogen-bond donors (Lipinski definition) is 3. The molecule has 2 rings (SSSR count). The summed E-state index contributed by atoms with van der Waals surface area (Å²) in [6.45, 7) is -0.0230. The fourth-order valence-electron chi connectivity index (χ4n) is 2.01. The fraction of sp³-hybridized carbons (Fsp3) is 0.133. The Morgan fingerprint density at radius 1 is 1.05 bits per heavy atom. The van der Waals surface area contributed by atoms with Crippen LogP contribution in [0.15, 0.2) is 54.9 Å². The molecule has 0 saturated heterocycles. The van der Waals surface area contributed by atoms with Gasteiger partial charge in [0.2, 0.25) is 5.91 Å². The molecule has 6 heteroatoms. The molecule has 0 saturated carbocycles. The average molecular weight is 284 g/mol. The maximum atomic E-state index is 11.5. The molecule has 3 amide bonds. The van der Waals surface area contributed by atoms with E-state index in [0.29, 0.717) is 0 Å². The number of nitrogens with one attached hydrogen (secondary N) is 2. The van der Waals surface area contributed by atoms with E-state index in [2.05, 4.69) is 10.3 Å². The van der Waals surface area contributed by atoms with E-state index in [1.54, 1.807) is 12.4 Å². The molecule has 0 bridgehead atoms.